The molecule has 0 aliphatic heterocycles. The minimum Gasteiger partial charge on any atom is -0.460 e. The predicted molar refractivity (Wildman–Crippen MR) is 55.8 cm³/mol. The van der Waals surface area contributed by atoms with Gasteiger partial charge in [0.15, 0.2) is 0 Å². The monoisotopic (exact) mass is 238 g/mol. The summed E-state index contributed by atoms with van der Waals surface area (Å²) in [6.07, 6.45) is 0.939. The molecular weight excluding hydrogens is 220 g/mol. The summed E-state index contributed by atoms with van der Waals surface area (Å²) < 4.78 is 30.9. The number of hydrogen-bond donors (Lipinski definition) is 0. The minimum absolute atomic E-state index is 0.187. The van der Waals surface area contributed by atoms with E-state index in [0.717, 1.165) is 6.26 Å². The first kappa shape index (κ1) is 14.4. The Morgan fingerprint density at radius 3 is 2.13 bits per heavy atom. The Morgan fingerprint density at radius 1 is 1.33 bits per heavy atom. The van der Waals surface area contributed by atoms with E-state index in [1.165, 1.54) is 0 Å². The third-order valence-electron chi connectivity index (χ3n) is 1.34. The highest BCUT2D eigenvalue weighted by molar-refractivity contribution is 7.85. The van der Waals surface area contributed by atoms with Gasteiger partial charge in [0.2, 0.25) is 0 Å². The normalized spacial score (nSPS) is 14.7. The highest BCUT2D eigenvalue weighted by Crippen LogP contribution is 2.11. The molecule has 0 aromatic rings. The quantitative estimate of drug-likeness (QED) is 0.538. The lowest BCUT2D eigenvalue weighted by Crippen LogP contribution is -2.30. The summed E-state index contributed by atoms with van der Waals surface area (Å²) in [4.78, 5) is 11.4. The van der Waals surface area contributed by atoms with Crippen LogP contribution in [-0.4, -0.2) is 32.9 Å². The van der Waals surface area contributed by atoms with Crippen molar-refractivity contribution in [2.45, 2.75) is 33.3 Å². The Kier molecular flexibility index (Phi) is 4.73. The molecule has 5 nitrogen and oxygen atoms in total. The van der Waals surface area contributed by atoms with Crippen LogP contribution in [0.5, 0.6) is 0 Å². The van der Waals surface area contributed by atoms with Crippen LogP contribution in [0.15, 0.2) is 0 Å². The molecule has 6 heteroatoms. The molecule has 0 amide bonds. The van der Waals surface area contributed by atoms with Gasteiger partial charge < -0.3 is 4.74 Å². The van der Waals surface area contributed by atoms with Crippen molar-refractivity contribution in [1.29, 1.82) is 0 Å². The van der Waals surface area contributed by atoms with Crippen LogP contribution in [0, 0.1) is 5.92 Å². The Morgan fingerprint density at radius 2 is 1.80 bits per heavy atom. The van der Waals surface area contributed by atoms with E-state index in [0.29, 0.717) is 0 Å². The largest absolute Gasteiger partial charge is 0.460 e. The average molecular weight is 238 g/mol. The standard InChI is InChI=1S/C9H18O5S/c1-7(6-13-15(5,11)12)8(10)14-9(2,3)4/h7H,6H2,1-5H3/t7-/m0/s1. The Labute approximate surface area is 90.9 Å². The minimum atomic E-state index is -3.50. The van der Waals surface area contributed by atoms with Gasteiger partial charge in [-0.1, -0.05) is 0 Å². The van der Waals surface area contributed by atoms with Crippen molar-refractivity contribution in [3.05, 3.63) is 0 Å². The summed E-state index contributed by atoms with van der Waals surface area (Å²) in [6.45, 7) is 6.60. The molecule has 15 heavy (non-hydrogen) atoms. The summed E-state index contributed by atoms with van der Waals surface area (Å²) in [5.74, 6) is -1.06. The zero-order valence-corrected chi connectivity index (χ0v) is 10.6. The van der Waals surface area contributed by atoms with Crippen LogP contribution in [0.1, 0.15) is 27.7 Å². The molecule has 0 unspecified atom stereocenters. The lowest BCUT2D eigenvalue weighted by molar-refractivity contribution is -0.160. The molecule has 0 heterocycles. The highest BCUT2D eigenvalue weighted by atomic mass is 32.2. The van der Waals surface area contributed by atoms with Gasteiger partial charge in [-0.2, -0.15) is 8.42 Å². The van der Waals surface area contributed by atoms with Crippen LogP contribution in [0.3, 0.4) is 0 Å². The van der Waals surface area contributed by atoms with Gasteiger partial charge in [-0.25, -0.2) is 0 Å². The molecule has 0 fully saturated rings. The number of esters is 1. The lowest BCUT2D eigenvalue weighted by Gasteiger charge is -2.21. The fourth-order valence-corrected chi connectivity index (χ4v) is 1.15. The van der Waals surface area contributed by atoms with Crippen LogP contribution in [0.4, 0.5) is 0 Å². The summed E-state index contributed by atoms with van der Waals surface area (Å²) in [7, 11) is -3.50. The molecule has 90 valence electrons. The smallest absolute Gasteiger partial charge is 0.311 e. The molecule has 0 aliphatic carbocycles. The maximum Gasteiger partial charge on any atom is 0.311 e. The molecule has 1 atom stereocenters. The molecule has 0 saturated carbocycles. The Hall–Kier alpha value is -0.620. The van der Waals surface area contributed by atoms with E-state index in [4.69, 9.17) is 4.74 Å². The lowest BCUT2D eigenvalue weighted by atomic mass is 10.1. The first-order valence-corrected chi connectivity index (χ1v) is 6.40. The topological polar surface area (TPSA) is 69.7 Å². The number of carbonyl (C=O) groups excluding carboxylic acids is 1. The fraction of sp³-hybridized carbons (Fsp3) is 0.889. The zero-order chi connectivity index (χ0) is 12.3. The second-order valence-electron chi connectivity index (χ2n) is 4.42. The molecule has 0 spiro atoms. The van der Waals surface area contributed by atoms with Crippen molar-refractivity contribution < 1.29 is 22.1 Å². The Balaban J connectivity index is 4.12. The van der Waals surface area contributed by atoms with E-state index in [2.05, 4.69) is 4.18 Å². The molecule has 0 bridgehead atoms. The van der Waals surface area contributed by atoms with Gasteiger partial charge in [0.05, 0.1) is 18.8 Å². The van der Waals surface area contributed by atoms with Gasteiger partial charge in [-0.3, -0.25) is 8.98 Å². The zero-order valence-electron chi connectivity index (χ0n) is 9.73. The first-order chi connectivity index (χ1) is 6.51. The van der Waals surface area contributed by atoms with Crippen molar-refractivity contribution in [3.63, 3.8) is 0 Å². The van der Waals surface area contributed by atoms with Crippen molar-refractivity contribution in [2.24, 2.45) is 5.92 Å². The van der Waals surface area contributed by atoms with E-state index in [1.54, 1.807) is 27.7 Å². The van der Waals surface area contributed by atoms with E-state index in [9.17, 15) is 13.2 Å². The van der Waals surface area contributed by atoms with Gasteiger partial charge in [-0.05, 0) is 27.7 Å². The SMILES string of the molecule is C[C@@H](COS(C)(=O)=O)C(=O)OC(C)(C)C. The summed E-state index contributed by atoms with van der Waals surface area (Å²) in [6, 6.07) is 0. The second kappa shape index (κ2) is 4.94. The van der Waals surface area contributed by atoms with Crippen molar-refractivity contribution in [2.75, 3.05) is 12.9 Å². The predicted octanol–water partition coefficient (Wildman–Crippen LogP) is 0.940. The first-order valence-electron chi connectivity index (χ1n) is 4.58. The van der Waals surface area contributed by atoms with Gasteiger partial charge in [-0.15, -0.1) is 0 Å². The molecule has 0 N–H and O–H groups in total. The molecule has 0 aliphatic rings. The van der Waals surface area contributed by atoms with E-state index >= 15 is 0 Å². The summed E-state index contributed by atoms with van der Waals surface area (Å²) in [5, 5.41) is 0. The fourth-order valence-electron chi connectivity index (χ4n) is 0.696. The van der Waals surface area contributed by atoms with Crippen LogP contribution < -0.4 is 0 Å². The number of hydrogen-bond acceptors (Lipinski definition) is 5. The van der Waals surface area contributed by atoms with Gasteiger partial charge >= 0.3 is 5.97 Å². The van der Waals surface area contributed by atoms with Crippen molar-refractivity contribution >= 4 is 16.1 Å². The maximum atomic E-state index is 11.4. The number of ether oxygens (including phenoxy) is 1. The molecular formula is C9H18O5S. The molecule has 0 aromatic carbocycles. The van der Waals surface area contributed by atoms with E-state index in [-0.39, 0.29) is 6.61 Å². The van der Waals surface area contributed by atoms with Crippen LogP contribution in [-0.2, 0) is 23.8 Å². The van der Waals surface area contributed by atoms with Crippen LogP contribution in [0.25, 0.3) is 0 Å². The third-order valence-corrected chi connectivity index (χ3v) is 1.91. The van der Waals surface area contributed by atoms with Crippen molar-refractivity contribution in [3.8, 4) is 0 Å². The Bertz CT molecular complexity index is 312. The average Bonchev–Trinajstić information content (AvgIpc) is 1.95. The third kappa shape index (κ3) is 8.38. The van der Waals surface area contributed by atoms with Crippen LogP contribution >= 0.6 is 0 Å². The van der Waals surface area contributed by atoms with Gasteiger partial charge in [0.25, 0.3) is 10.1 Å². The number of rotatable bonds is 4. The van der Waals surface area contributed by atoms with Gasteiger partial charge in [0, 0.05) is 0 Å². The molecule has 0 aromatic heterocycles. The highest BCUT2D eigenvalue weighted by Gasteiger charge is 2.22. The summed E-state index contributed by atoms with van der Waals surface area (Å²) in [5.41, 5.74) is -0.573. The summed E-state index contributed by atoms with van der Waals surface area (Å²) >= 11 is 0. The maximum absolute atomic E-state index is 11.4. The second-order valence-corrected chi connectivity index (χ2v) is 6.07. The van der Waals surface area contributed by atoms with E-state index in [1.807, 2.05) is 0 Å². The molecule has 0 radical (unpaired) electrons. The van der Waals surface area contributed by atoms with Crippen LogP contribution in [0.2, 0.25) is 0 Å². The molecule has 0 rings (SSSR count). The van der Waals surface area contributed by atoms with Gasteiger partial charge in [0.1, 0.15) is 5.60 Å². The van der Waals surface area contributed by atoms with Crippen molar-refractivity contribution in [1.82, 2.24) is 0 Å². The van der Waals surface area contributed by atoms with E-state index < -0.39 is 27.6 Å². The number of carbonyl (C=O) groups is 1. The molecule has 0 saturated heterocycles.